The fourth-order valence-electron chi connectivity index (χ4n) is 2.39. The van der Waals surface area contributed by atoms with Gasteiger partial charge in [0.1, 0.15) is 0 Å². The van der Waals surface area contributed by atoms with Gasteiger partial charge in [-0.25, -0.2) is 4.31 Å². The minimum atomic E-state index is -5.80. The highest BCUT2D eigenvalue weighted by molar-refractivity contribution is 7.99. The van der Waals surface area contributed by atoms with E-state index < -0.39 is 47.0 Å². The van der Waals surface area contributed by atoms with Crippen molar-refractivity contribution in [1.29, 1.82) is 0 Å². The van der Waals surface area contributed by atoms with Crippen LogP contribution in [0.3, 0.4) is 0 Å². The number of carbonyl (C=O) groups is 2. The Balaban J connectivity index is 2.17. The van der Waals surface area contributed by atoms with E-state index in [9.17, 15) is 31.5 Å². The fourth-order valence-corrected chi connectivity index (χ4v) is 3.17. The summed E-state index contributed by atoms with van der Waals surface area (Å²) in [6.07, 6.45) is -3.72. The van der Waals surface area contributed by atoms with Gasteiger partial charge >= 0.3 is 11.4 Å². The molecule has 1 aliphatic carbocycles. The highest BCUT2D eigenvalue weighted by Crippen LogP contribution is 2.49. The number of fused-ring (bicyclic) bond motifs is 1. The maximum atomic E-state index is 12.9. The molecule has 0 aromatic rings. The van der Waals surface area contributed by atoms with Crippen LogP contribution in [0.15, 0.2) is 0 Å². The Morgan fingerprint density at radius 2 is 1.37 bits per heavy atom. The molecule has 2 aliphatic rings. The topological polar surface area (TPSA) is 37.4 Å². The van der Waals surface area contributed by atoms with Crippen LogP contribution in [0.2, 0.25) is 0 Å². The molecular formula is C10H10F5NO2S. The molecule has 19 heavy (non-hydrogen) atoms. The molecular weight excluding hydrogens is 293 g/mol. The van der Waals surface area contributed by atoms with Gasteiger partial charge in [0.25, 0.3) is 0 Å². The van der Waals surface area contributed by atoms with Crippen LogP contribution < -0.4 is 0 Å². The van der Waals surface area contributed by atoms with Crippen molar-refractivity contribution in [3.05, 3.63) is 0 Å². The zero-order valence-electron chi connectivity index (χ0n) is 9.54. The molecule has 2 fully saturated rings. The number of hydrogen-bond acceptors (Lipinski definition) is 3. The Bertz CT molecular complexity index is 387. The highest BCUT2D eigenvalue weighted by atomic mass is 32.2. The first-order valence-corrected chi connectivity index (χ1v) is 6.44. The van der Waals surface area contributed by atoms with E-state index in [0.717, 1.165) is 0 Å². The third kappa shape index (κ3) is 2.44. The SMILES string of the molecule is O=C1C2CCCCC2C(=O)N1SC(F)(F)C(F)(F)F. The van der Waals surface area contributed by atoms with Crippen molar-refractivity contribution in [2.45, 2.75) is 37.1 Å². The second kappa shape index (κ2) is 4.60. The van der Waals surface area contributed by atoms with E-state index in [1.807, 2.05) is 0 Å². The van der Waals surface area contributed by atoms with Gasteiger partial charge in [-0.3, -0.25) is 9.59 Å². The summed E-state index contributed by atoms with van der Waals surface area (Å²) in [4.78, 5) is 23.5. The number of halogens is 5. The average molecular weight is 303 g/mol. The quantitative estimate of drug-likeness (QED) is 0.447. The molecule has 0 aromatic carbocycles. The third-order valence-electron chi connectivity index (χ3n) is 3.34. The van der Waals surface area contributed by atoms with E-state index in [4.69, 9.17) is 0 Å². The zero-order valence-corrected chi connectivity index (χ0v) is 10.4. The van der Waals surface area contributed by atoms with Crippen molar-refractivity contribution >= 4 is 23.8 Å². The van der Waals surface area contributed by atoms with Gasteiger partial charge in [0.05, 0.1) is 11.8 Å². The number of imide groups is 1. The number of alkyl halides is 5. The Labute approximate surface area is 109 Å². The number of carbonyl (C=O) groups excluding carboxylic acids is 2. The lowest BCUT2D eigenvalue weighted by atomic mass is 9.81. The highest BCUT2D eigenvalue weighted by Gasteiger charge is 2.63. The summed E-state index contributed by atoms with van der Waals surface area (Å²) in [5.74, 6) is -3.33. The molecule has 0 N–H and O–H groups in total. The molecule has 2 unspecified atom stereocenters. The Morgan fingerprint density at radius 1 is 0.947 bits per heavy atom. The lowest BCUT2D eigenvalue weighted by Gasteiger charge is -2.22. The molecule has 9 heteroatoms. The summed E-state index contributed by atoms with van der Waals surface area (Å²) in [6, 6.07) is 0. The molecule has 2 rings (SSSR count). The average Bonchev–Trinajstić information content (AvgIpc) is 2.54. The smallest absolute Gasteiger partial charge is 0.273 e. The molecule has 1 aliphatic heterocycles. The number of nitrogens with zero attached hydrogens (tertiary/aromatic N) is 1. The van der Waals surface area contributed by atoms with Crippen molar-refractivity contribution in [3.8, 4) is 0 Å². The van der Waals surface area contributed by atoms with Crippen LogP contribution in [0.4, 0.5) is 22.0 Å². The van der Waals surface area contributed by atoms with Gasteiger partial charge in [0.15, 0.2) is 0 Å². The van der Waals surface area contributed by atoms with E-state index in [1.165, 1.54) is 0 Å². The molecule has 2 amide bonds. The maximum Gasteiger partial charge on any atom is 0.465 e. The first kappa shape index (κ1) is 14.5. The molecule has 0 bridgehead atoms. The molecule has 0 radical (unpaired) electrons. The van der Waals surface area contributed by atoms with Gasteiger partial charge < -0.3 is 0 Å². The summed E-state index contributed by atoms with van der Waals surface area (Å²) < 4.78 is 62.1. The first-order chi connectivity index (χ1) is 8.65. The molecule has 1 saturated carbocycles. The summed E-state index contributed by atoms with van der Waals surface area (Å²) in [5.41, 5.74) is 0. The number of rotatable bonds is 2. The van der Waals surface area contributed by atoms with Crippen LogP contribution in [0, 0.1) is 11.8 Å². The minimum absolute atomic E-state index is 0.00808. The van der Waals surface area contributed by atoms with Gasteiger partial charge in [0.2, 0.25) is 11.8 Å². The Morgan fingerprint density at radius 3 is 1.74 bits per heavy atom. The van der Waals surface area contributed by atoms with Gasteiger partial charge in [-0.05, 0) is 12.8 Å². The molecule has 108 valence electrons. The summed E-state index contributed by atoms with van der Waals surface area (Å²) in [6.45, 7) is 0. The van der Waals surface area contributed by atoms with Crippen molar-refractivity contribution < 1.29 is 31.5 Å². The largest absolute Gasteiger partial charge is 0.465 e. The van der Waals surface area contributed by atoms with Crippen molar-refractivity contribution in [2.75, 3.05) is 0 Å². The molecule has 1 heterocycles. The number of hydrogen-bond donors (Lipinski definition) is 0. The van der Waals surface area contributed by atoms with Crippen LogP contribution in [-0.2, 0) is 9.59 Å². The van der Waals surface area contributed by atoms with Crippen LogP contribution in [0.25, 0.3) is 0 Å². The second-order valence-electron chi connectivity index (χ2n) is 4.57. The Kier molecular flexibility index (Phi) is 3.53. The van der Waals surface area contributed by atoms with Gasteiger partial charge in [-0.1, -0.05) is 12.8 Å². The van der Waals surface area contributed by atoms with Crippen LogP contribution in [0.1, 0.15) is 25.7 Å². The molecule has 0 spiro atoms. The lowest BCUT2D eigenvalue weighted by molar-refractivity contribution is -0.238. The van der Waals surface area contributed by atoms with Crippen molar-refractivity contribution in [2.24, 2.45) is 11.8 Å². The minimum Gasteiger partial charge on any atom is -0.273 e. The lowest BCUT2D eigenvalue weighted by Crippen LogP contribution is -2.39. The first-order valence-electron chi connectivity index (χ1n) is 5.66. The van der Waals surface area contributed by atoms with E-state index >= 15 is 0 Å². The van der Waals surface area contributed by atoms with Crippen LogP contribution >= 0.6 is 11.9 Å². The molecule has 1 saturated heterocycles. The number of amides is 2. The van der Waals surface area contributed by atoms with Crippen molar-refractivity contribution in [3.63, 3.8) is 0 Å². The predicted octanol–water partition coefficient (Wildman–Crippen LogP) is 2.96. The standard InChI is InChI=1S/C10H10F5NO2S/c11-9(12,13)10(14,15)19-16-7(17)5-3-1-2-4-6(5)8(16)18/h5-6H,1-4H2. The van der Waals surface area contributed by atoms with Gasteiger partial charge in [0, 0.05) is 11.9 Å². The van der Waals surface area contributed by atoms with Gasteiger partial charge in [-0.2, -0.15) is 22.0 Å². The van der Waals surface area contributed by atoms with Crippen molar-refractivity contribution in [1.82, 2.24) is 4.31 Å². The molecule has 0 aromatic heterocycles. The Hall–Kier alpha value is -0.860. The molecule has 2 atom stereocenters. The summed E-state index contributed by atoms with van der Waals surface area (Å²) in [7, 11) is 0. The third-order valence-corrected chi connectivity index (χ3v) is 4.34. The van der Waals surface area contributed by atoms with E-state index in [0.29, 0.717) is 25.7 Å². The summed E-state index contributed by atoms with van der Waals surface area (Å²) >= 11 is -1.03. The molecule has 3 nitrogen and oxygen atoms in total. The van der Waals surface area contributed by atoms with Crippen LogP contribution in [0.5, 0.6) is 0 Å². The van der Waals surface area contributed by atoms with E-state index in [2.05, 4.69) is 0 Å². The zero-order chi connectivity index (χ0) is 14.4. The van der Waals surface area contributed by atoms with Gasteiger partial charge in [-0.15, -0.1) is 0 Å². The maximum absolute atomic E-state index is 12.9. The van der Waals surface area contributed by atoms with E-state index in [-0.39, 0.29) is 4.31 Å². The predicted molar refractivity (Wildman–Crippen MR) is 55.9 cm³/mol. The second-order valence-corrected chi connectivity index (χ2v) is 5.63. The van der Waals surface area contributed by atoms with Crippen LogP contribution in [-0.4, -0.2) is 27.6 Å². The van der Waals surface area contributed by atoms with E-state index in [1.54, 1.807) is 0 Å². The fraction of sp³-hybridized carbons (Fsp3) is 0.800. The normalized spacial score (nSPS) is 28.8. The summed E-state index contributed by atoms with van der Waals surface area (Å²) in [5, 5.41) is -5.15. The monoisotopic (exact) mass is 303 g/mol.